The van der Waals surface area contributed by atoms with Crippen LogP contribution >= 0.6 is 0 Å². The number of nitrogens with zero attached hydrogens (tertiary/aromatic N) is 2. The highest BCUT2D eigenvalue weighted by atomic mass is 16.4. The molecular weight excluding hydrogens is 308 g/mol. The molecule has 0 spiro atoms. The van der Waals surface area contributed by atoms with Crippen molar-refractivity contribution >= 4 is 22.8 Å². The molecule has 128 valence electrons. The Morgan fingerprint density at radius 3 is 2.88 bits per heavy atom. The van der Waals surface area contributed by atoms with E-state index in [4.69, 9.17) is 4.42 Å². The van der Waals surface area contributed by atoms with Gasteiger partial charge in [-0.1, -0.05) is 18.2 Å². The molecule has 1 fully saturated rings. The van der Waals surface area contributed by atoms with Crippen LogP contribution in [0.5, 0.6) is 0 Å². The van der Waals surface area contributed by atoms with Crippen LogP contribution in [0.1, 0.15) is 31.6 Å². The number of hydrogen-bond donors (Lipinski definition) is 1. The molecule has 6 nitrogen and oxygen atoms in total. The molecule has 24 heavy (non-hydrogen) atoms. The van der Waals surface area contributed by atoms with Crippen molar-refractivity contribution in [1.29, 1.82) is 0 Å². The highest BCUT2D eigenvalue weighted by Crippen LogP contribution is 2.27. The number of carboxylic acids is 1. The normalized spacial score (nSPS) is 19.5. The van der Waals surface area contributed by atoms with E-state index in [1.807, 2.05) is 37.3 Å². The van der Waals surface area contributed by atoms with Gasteiger partial charge in [-0.25, -0.2) is 0 Å². The minimum Gasteiger partial charge on any atom is -0.480 e. The summed E-state index contributed by atoms with van der Waals surface area (Å²) in [5, 5.41) is 10.2. The van der Waals surface area contributed by atoms with Crippen molar-refractivity contribution in [2.24, 2.45) is 0 Å². The number of hydrogen-bond acceptors (Lipinski definition) is 4. The van der Waals surface area contributed by atoms with Crippen LogP contribution in [-0.4, -0.2) is 53.0 Å². The van der Waals surface area contributed by atoms with Crippen LogP contribution < -0.4 is 0 Å². The van der Waals surface area contributed by atoms with E-state index >= 15 is 0 Å². The number of carboxylic acid groups (broad SMARTS) is 1. The molecule has 1 aromatic carbocycles. The number of likely N-dealkylation sites (tertiary alicyclic amines) is 1. The van der Waals surface area contributed by atoms with Crippen LogP contribution in [0.2, 0.25) is 0 Å². The first kappa shape index (κ1) is 16.5. The van der Waals surface area contributed by atoms with Gasteiger partial charge in [0, 0.05) is 12.4 Å². The number of furan rings is 1. The van der Waals surface area contributed by atoms with E-state index in [0.29, 0.717) is 13.0 Å². The van der Waals surface area contributed by atoms with Crippen molar-refractivity contribution in [1.82, 2.24) is 9.80 Å². The Morgan fingerprint density at radius 1 is 1.42 bits per heavy atom. The monoisotopic (exact) mass is 330 g/mol. The van der Waals surface area contributed by atoms with Gasteiger partial charge in [0.15, 0.2) is 0 Å². The van der Waals surface area contributed by atoms with Gasteiger partial charge in [-0.2, -0.15) is 0 Å². The highest BCUT2D eigenvalue weighted by molar-refractivity contribution is 5.81. The van der Waals surface area contributed by atoms with Gasteiger partial charge in [0.2, 0.25) is 5.91 Å². The second kappa shape index (κ2) is 6.65. The zero-order valence-electron chi connectivity index (χ0n) is 13.9. The molecule has 1 aliphatic heterocycles. The predicted octanol–water partition coefficient (Wildman–Crippen LogP) is 2.50. The van der Waals surface area contributed by atoms with E-state index in [2.05, 4.69) is 0 Å². The summed E-state index contributed by atoms with van der Waals surface area (Å²) in [6, 6.07) is 8.90. The lowest BCUT2D eigenvalue weighted by atomic mass is 10.2. The largest absolute Gasteiger partial charge is 0.480 e. The molecule has 2 atom stereocenters. The van der Waals surface area contributed by atoms with Gasteiger partial charge in [-0.15, -0.1) is 0 Å². The first-order valence-electron chi connectivity index (χ1n) is 8.18. The molecule has 6 heteroatoms. The van der Waals surface area contributed by atoms with E-state index in [9.17, 15) is 14.7 Å². The molecular formula is C18H22N2O4. The SMILES string of the molecule is C[C@H](c1cc2ccccc2o1)N(C)C(=O)CN1CCC[C@H]1C(=O)O. The maximum Gasteiger partial charge on any atom is 0.320 e. The molecule has 1 N–H and O–H groups in total. The number of para-hydroxylation sites is 1. The van der Waals surface area contributed by atoms with E-state index < -0.39 is 12.0 Å². The second-order valence-electron chi connectivity index (χ2n) is 6.33. The summed E-state index contributed by atoms with van der Waals surface area (Å²) < 4.78 is 5.83. The van der Waals surface area contributed by atoms with Crippen molar-refractivity contribution < 1.29 is 19.1 Å². The molecule has 3 rings (SSSR count). The number of fused-ring (bicyclic) bond motifs is 1. The third-order valence-corrected chi connectivity index (χ3v) is 4.82. The maximum absolute atomic E-state index is 12.5. The van der Waals surface area contributed by atoms with Crippen LogP contribution in [0.15, 0.2) is 34.7 Å². The number of likely N-dealkylation sites (N-methyl/N-ethyl adjacent to an activating group) is 1. The van der Waals surface area contributed by atoms with Crippen molar-refractivity contribution in [3.8, 4) is 0 Å². The fourth-order valence-electron chi connectivity index (χ4n) is 3.20. The maximum atomic E-state index is 12.5. The molecule has 1 amide bonds. The Morgan fingerprint density at radius 2 is 2.17 bits per heavy atom. The first-order chi connectivity index (χ1) is 11.5. The van der Waals surface area contributed by atoms with Crippen LogP contribution in [0.25, 0.3) is 11.0 Å². The quantitative estimate of drug-likeness (QED) is 0.912. The average molecular weight is 330 g/mol. The molecule has 0 unspecified atom stereocenters. The number of carbonyl (C=O) groups excluding carboxylic acids is 1. The third kappa shape index (κ3) is 3.14. The Kier molecular flexibility index (Phi) is 4.57. The Bertz CT molecular complexity index is 721. The van der Waals surface area contributed by atoms with Crippen molar-refractivity contribution in [3.05, 3.63) is 36.1 Å². The van der Waals surface area contributed by atoms with E-state index in [1.165, 1.54) is 0 Å². The van der Waals surface area contributed by atoms with Gasteiger partial charge in [-0.3, -0.25) is 14.5 Å². The van der Waals surface area contributed by atoms with E-state index in [1.54, 1.807) is 16.8 Å². The number of carbonyl (C=O) groups is 2. The van der Waals surface area contributed by atoms with E-state index in [0.717, 1.165) is 23.2 Å². The molecule has 0 aliphatic carbocycles. The van der Waals surface area contributed by atoms with Gasteiger partial charge in [0.05, 0.1) is 12.6 Å². The van der Waals surface area contributed by atoms with Crippen molar-refractivity contribution in [2.45, 2.75) is 31.8 Å². The number of aliphatic carboxylic acids is 1. The fourth-order valence-corrected chi connectivity index (χ4v) is 3.20. The summed E-state index contributed by atoms with van der Waals surface area (Å²) in [6.07, 6.45) is 1.42. The van der Waals surface area contributed by atoms with Crippen LogP contribution in [0, 0.1) is 0 Å². The Balaban J connectivity index is 1.69. The molecule has 1 aromatic heterocycles. The van der Waals surface area contributed by atoms with Crippen molar-refractivity contribution in [2.75, 3.05) is 20.1 Å². The van der Waals surface area contributed by atoms with Gasteiger partial charge < -0.3 is 14.4 Å². The summed E-state index contributed by atoms with van der Waals surface area (Å²) in [5.41, 5.74) is 0.797. The first-order valence-corrected chi connectivity index (χ1v) is 8.18. The molecule has 0 saturated carbocycles. The summed E-state index contributed by atoms with van der Waals surface area (Å²) >= 11 is 0. The number of amides is 1. The van der Waals surface area contributed by atoms with Crippen LogP contribution in [0.4, 0.5) is 0 Å². The summed E-state index contributed by atoms with van der Waals surface area (Å²) in [6.45, 7) is 2.68. The standard InChI is InChI=1S/C18H22N2O4/c1-12(16-10-13-6-3-4-8-15(13)24-16)19(2)17(21)11-20-9-5-7-14(20)18(22)23/h3-4,6,8,10,12,14H,5,7,9,11H2,1-2H3,(H,22,23)/t12-,14+/m1/s1. The molecule has 2 heterocycles. The zero-order valence-corrected chi connectivity index (χ0v) is 13.9. The molecule has 1 aliphatic rings. The predicted molar refractivity (Wildman–Crippen MR) is 89.6 cm³/mol. The topological polar surface area (TPSA) is 74.0 Å². The lowest BCUT2D eigenvalue weighted by Gasteiger charge is -2.27. The van der Waals surface area contributed by atoms with Gasteiger partial charge in [0.1, 0.15) is 17.4 Å². The summed E-state index contributed by atoms with van der Waals surface area (Å²) in [4.78, 5) is 27.1. The molecule has 1 saturated heterocycles. The number of benzene rings is 1. The lowest BCUT2D eigenvalue weighted by Crippen LogP contribution is -2.44. The van der Waals surface area contributed by atoms with E-state index in [-0.39, 0.29) is 18.5 Å². The molecule has 2 aromatic rings. The Labute approximate surface area is 140 Å². The third-order valence-electron chi connectivity index (χ3n) is 4.82. The van der Waals surface area contributed by atoms with Crippen LogP contribution in [0.3, 0.4) is 0 Å². The van der Waals surface area contributed by atoms with Crippen molar-refractivity contribution in [3.63, 3.8) is 0 Å². The smallest absolute Gasteiger partial charge is 0.320 e. The summed E-state index contributed by atoms with van der Waals surface area (Å²) in [5.74, 6) is -0.229. The van der Waals surface area contributed by atoms with Gasteiger partial charge in [-0.05, 0) is 38.4 Å². The Hall–Kier alpha value is -2.34. The van der Waals surface area contributed by atoms with Gasteiger partial charge in [0.25, 0.3) is 0 Å². The second-order valence-corrected chi connectivity index (χ2v) is 6.33. The fraction of sp³-hybridized carbons (Fsp3) is 0.444. The lowest BCUT2D eigenvalue weighted by molar-refractivity contribution is -0.143. The summed E-state index contributed by atoms with van der Waals surface area (Å²) in [7, 11) is 1.73. The molecule has 0 radical (unpaired) electrons. The highest BCUT2D eigenvalue weighted by Gasteiger charge is 2.33. The minimum absolute atomic E-state index is 0.101. The van der Waals surface area contributed by atoms with Crippen LogP contribution in [-0.2, 0) is 9.59 Å². The minimum atomic E-state index is -0.853. The zero-order chi connectivity index (χ0) is 17.3. The average Bonchev–Trinajstić information content (AvgIpc) is 3.19. The molecule has 0 bridgehead atoms. The number of rotatable bonds is 5. The van der Waals surface area contributed by atoms with Gasteiger partial charge >= 0.3 is 5.97 Å².